The molecule has 1 saturated carbocycles. The Bertz CT molecular complexity index is 605. The summed E-state index contributed by atoms with van der Waals surface area (Å²) in [6, 6.07) is 2.49. The second-order valence-corrected chi connectivity index (χ2v) is 7.25. The Morgan fingerprint density at radius 2 is 2.23 bits per heavy atom. The zero-order valence-electron chi connectivity index (χ0n) is 13.5. The van der Waals surface area contributed by atoms with Gasteiger partial charge in [-0.25, -0.2) is 0 Å². The number of carbonyl (C=O) groups is 1. The predicted molar refractivity (Wildman–Crippen MR) is 83.2 cm³/mol. The molecule has 2 atom stereocenters. The minimum atomic E-state index is -0.0574. The molecular weight excluding hydrogens is 280 g/mol. The summed E-state index contributed by atoms with van der Waals surface area (Å²) in [7, 11) is 0. The first-order valence-corrected chi connectivity index (χ1v) is 8.28. The van der Waals surface area contributed by atoms with Gasteiger partial charge in [0.05, 0.1) is 30.8 Å². The third-order valence-corrected chi connectivity index (χ3v) is 5.23. The van der Waals surface area contributed by atoms with E-state index in [0.29, 0.717) is 24.3 Å². The number of fused-ring (bicyclic) bond motifs is 1. The fraction of sp³-hybridized carbons (Fsp3) is 0.750. The largest absolute Gasteiger partial charge is 0.377 e. The molecular formula is C16H24N4O2. The van der Waals surface area contributed by atoms with Crippen LogP contribution in [-0.2, 0) is 4.74 Å². The van der Waals surface area contributed by atoms with Crippen LogP contribution in [0.15, 0.2) is 6.07 Å². The fourth-order valence-electron chi connectivity index (χ4n) is 4.05. The van der Waals surface area contributed by atoms with Crippen molar-refractivity contribution < 1.29 is 9.53 Å². The van der Waals surface area contributed by atoms with Gasteiger partial charge in [-0.1, -0.05) is 13.8 Å². The quantitative estimate of drug-likeness (QED) is 0.901. The molecule has 2 fully saturated rings. The number of nitrogens with one attached hydrogen (secondary N) is 1. The van der Waals surface area contributed by atoms with Crippen LogP contribution in [0.4, 0.5) is 5.82 Å². The van der Waals surface area contributed by atoms with Gasteiger partial charge in [0.15, 0.2) is 5.82 Å². The maximum atomic E-state index is 12.5. The molecule has 1 aromatic heterocycles. The second kappa shape index (κ2) is 4.72. The summed E-state index contributed by atoms with van der Waals surface area (Å²) in [6.07, 6.45) is 2.12. The number of rotatable bonds is 2. The molecule has 2 aliphatic heterocycles. The highest BCUT2D eigenvalue weighted by atomic mass is 16.5. The number of anilines is 1. The van der Waals surface area contributed by atoms with Crippen molar-refractivity contribution >= 4 is 11.7 Å². The normalized spacial score (nSPS) is 29.6. The average molecular weight is 304 g/mol. The van der Waals surface area contributed by atoms with Crippen molar-refractivity contribution in [2.45, 2.75) is 51.2 Å². The second-order valence-electron chi connectivity index (χ2n) is 7.25. The number of carbonyl (C=O) groups excluding carboxylic acids is 1. The van der Waals surface area contributed by atoms with Gasteiger partial charge in [0, 0.05) is 12.6 Å². The highest BCUT2D eigenvalue weighted by molar-refractivity contribution is 5.95. The van der Waals surface area contributed by atoms with Gasteiger partial charge < -0.3 is 15.0 Å². The Kier molecular flexibility index (Phi) is 3.01. The lowest BCUT2D eigenvalue weighted by Crippen LogP contribution is -2.51. The van der Waals surface area contributed by atoms with E-state index in [-0.39, 0.29) is 17.5 Å². The molecule has 1 aliphatic carbocycles. The monoisotopic (exact) mass is 304 g/mol. The van der Waals surface area contributed by atoms with E-state index in [0.717, 1.165) is 31.8 Å². The summed E-state index contributed by atoms with van der Waals surface area (Å²) >= 11 is 0. The Labute approximate surface area is 130 Å². The van der Waals surface area contributed by atoms with Gasteiger partial charge in [0.1, 0.15) is 5.69 Å². The number of amides is 1. The van der Waals surface area contributed by atoms with E-state index >= 15 is 0 Å². The van der Waals surface area contributed by atoms with Gasteiger partial charge in [0.2, 0.25) is 0 Å². The lowest BCUT2D eigenvalue weighted by molar-refractivity contribution is 0.0826. The molecule has 4 rings (SSSR count). The molecule has 1 saturated heterocycles. The van der Waals surface area contributed by atoms with Crippen LogP contribution in [0, 0.1) is 5.92 Å². The predicted octanol–water partition coefficient (Wildman–Crippen LogP) is 1.58. The van der Waals surface area contributed by atoms with Crippen molar-refractivity contribution in [3.8, 4) is 0 Å². The molecule has 22 heavy (non-hydrogen) atoms. The van der Waals surface area contributed by atoms with Crippen LogP contribution in [0.25, 0.3) is 0 Å². The Morgan fingerprint density at radius 1 is 1.45 bits per heavy atom. The molecule has 3 heterocycles. The first-order valence-electron chi connectivity index (χ1n) is 8.28. The fourth-order valence-corrected chi connectivity index (χ4v) is 4.05. The summed E-state index contributed by atoms with van der Waals surface area (Å²) in [5.41, 5.74) is 0.642. The summed E-state index contributed by atoms with van der Waals surface area (Å²) in [5, 5.41) is 8.08. The molecule has 0 unspecified atom stereocenters. The molecule has 0 radical (unpaired) electrons. The van der Waals surface area contributed by atoms with Crippen LogP contribution >= 0.6 is 0 Å². The molecule has 3 aliphatic rings. The van der Waals surface area contributed by atoms with E-state index in [2.05, 4.69) is 31.0 Å². The number of hydrogen-bond acceptors (Lipinski definition) is 4. The third kappa shape index (κ3) is 1.96. The van der Waals surface area contributed by atoms with Gasteiger partial charge in [-0.3, -0.25) is 9.48 Å². The van der Waals surface area contributed by atoms with E-state index in [1.54, 1.807) is 0 Å². The van der Waals surface area contributed by atoms with Crippen molar-refractivity contribution in [2.75, 3.05) is 24.7 Å². The first kappa shape index (κ1) is 14.1. The van der Waals surface area contributed by atoms with Crippen molar-refractivity contribution in [1.29, 1.82) is 0 Å². The van der Waals surface area contributed by atoms with Crippen LogP contribution in [0.3, 0.4) is 0 Å². The molecule has 1 N–H and O–H groups in total. The van der Waals surface area contributed by atoms with Crippen LogP contribution in [0.5, 0.6) is 0 Å². The molecule has 0 bridgehead atoms. The Hall–Kier alpha value is -1.56. The molecule has 6 nitrogen and oxygen atoms in total. The Morgan fingerprint density at radius 3 is 2.86 bits per heavy atom. The third-order valence-electron chi connectivity index (χ3n) is 5.23. The first-order chi connectivity index (χ1) is 10.5. The van der Waals surface area contributed by atoms with Gasteiger partial charge in [0.25, 0.3) is 5.91 Å². The number of ether oxygens (including phenoxy) is 1. The number of morpholine rings is 1. The van der Waals surface area contributed by atoms with Crippen LogP contribution < -0.4 is 10.2 Å². The van der Waals surface area contributed by atoms with Crippen molar-refractivity contribution in [2.24, 2.45) is 5.92 Å². The minimum absolute atomic E-state index is 0.0223. The van der Waals surface area contributed by atoms with E-state index < -0.39 is 0 Å². The van der Waals surface area contributed by atoms with Crippen LogP contribution in [0.1, 0.15) is 50.1 Å². The lowest BCUT2D eigenvalue weighted by atomic mass is 9.92. The number of nitrogens with zero attached hydrogens (tertiary/aromatic N) is 3. The van der Waals surface area contributed by atoms with Crippen molar-refractivity contribution in [3.63, 3.8) is 0 Å². The summed E-state index contributed by atoms with van der Waals surface area (Å²) in [6.45, 7) is 8.83. The number of aromatic nitrogens is 2. The summed E-state index contributed by atoms with van der Waals surface area (Å²) in [5.74, 6) is 1.37. The van der Waals surface area contributed by atoms with E-state index in [4.69, 9.17) is 9.84 Å². The van der Waals surface area contributed by atoms with E-state index in [1.165, 1.54) is 0 Å². The Balaban J connectivity index is 1.74. The summed E-state index contributed by atoms with van der Waals surface area (Å²) in [4.78, 5) is 14.7. The standard InChI is InChI=1S/C16H24N4O2/c1-10(2)14-16(4-5-16)17-15(21)12-8-13(18-20(12)14)19-6-7-22-9-11(19)3/h8,10-11,14H,4-7,9H2,1-3H3,(H,17,21)/t11-,14-/m1/s1. The zero-order valence-corrected chi connectivity index (χ0v) is 13.5. The van der Waals surface area contributed by atoms with E-state index in [9.17, 15) is 4.79 Å². The van der Waals surface area contributed by atoms with E-state index in [1.807, 2.05) is 10.7 Å². The SMILES string of the molecule is CC(C)[C@H]1n2nc(N3CCOC[C@H]3C)cc2C(=O)NC12CC2. The smallest absolute Gasteiger partial charge is 0.270 e. The molecule has 6 heteroatoms. The molecule has 0 aromatic carbocycles. The van der Waals surface area contributed by atoms with Crippen molar-refractivity contribution in [1.82, 2.24) is 15.1 Å². The molecule has 1 aromatic rings. The maximum Gasteiger partial charge on any atom is 0.270 e. The minimum Gasteiger partial charge on any atom is -0.377 e. The van der Waals surface area contributed by atoms with Crippen LogP contribution in [-0.4, -0.2) is 47.0 Å². The lowest BCUT2D eigenvalue weighted by Gasteiger charge is -2.36. The molecule has 1 spiro atoms. The van der Waals surface area contributed by atoms with Gasteiger partial charge in [-0.05, 0) is 25.7 Å². The number of hydrogen-bond donors (Lipinski definition) is 1. The van der Waals surface area contributed by atoms with Gasteiger partial charge in [-0.2, -0.15) is 5.10 Å². The average Bonchev–Trinajstić information content (AvgIpc) is 3.07. The van der Waals surface area contributed by atoms with Gasteiger partial charge >= 0.3 is 0 Å². The molecule has 120 valence electrons. The highest BCUT2D eigenvalue weighted by Gasteiger charge is 2.56. The maximum absolute atomic E-state index is 12.5. The van der Waals surface area contributed by atoms with Crippen LogP contribution in [0.2, 0.25) is 0 Å². The topological polar surface area (TPSA) is 59.4 Å². The van der Waals surface area contributed by atoms with Gasteiger partial charge in [-0.15, -0.1) is 0 Å². The van der Waals surface area contributed by atoms with Crippen molar-refractivity contribution in [3.05, 3.63) is 11.8 Å². The highest BCUT2D eigenvalue weighted by Crippen LogP contribution is 2.50. The summed E-state index contributed by atoms with van der Waals surface area (Å²) < 4.78 is 7.50. The molecule has 1 amide bonds. The zero-order chi connectivity index (χ0) is 15.5.